The summed E-state index contributed by atoms with van der Waals surface area (Å²) in [5, 5.41) is 3.10. The predicted octanol–water partition coefficient (Wildman–Crippen LogP) is 2.37. The van der Waals surface area contributed by atoms with E-state index in [2.05, 4.69) is 20.0 Å². The summed E-state index contributed by atoms with van der Waals surface area (Å²) in [7, 11) is 1.28. The van der Waals surface area contributed by atoms with Crippen LogP contribution in [0.5, 0.6) is 0 Å². The minimum Gasteiger partial charge on any atom is -0.463 e. The number of aryl methyl sites for hydroxylation is 1. The first-order valence-corrected chi connectivity index (χ1v) is 6.50. The molecular formula is C15H16FN3O2. The SMILES string of the molecule is COC(=O)c1nccc(NCCc2ccc(F)cc2C)n1. The molecule has 1 aromatic heterocycles. The summed E-state index contributed by atoms with van der Waals surface area (Å²) in [6, 6.07) is 6.40. The van der Waals surface area contributed by atoms with E-state index in [-0.39, 0.29) is 11.6 Å². The third kappa shape index (κ3) is 3.98. The van der Waals surface area contributed by atoms with E-state index in [1.54, 1.807) is 12.1 Å². The average Bonchev–Trinajstić information content (AvgIpc) is 2.49. The smallest absolute Gasteiger partial charge is 0.376 e. The Kier molecular flexibility index (Phi) is 4.81. The van der Waals surface area contributed by atoms with E-state index < -0.39 is 5.97 Å². The highest BCUT2D eigenvalue weighted by atomic mass is 19.1. The van der Waals surface area contributed by atoms with Gasteiger partial charge in [0.1, 0.15) is 11.6 Å². The number of carbonyl (C=O) groups excluding carboxylic acids is 1. The van der Waals surface area contributed by atoms with Crippen LogP contribution in [0.15, 0.2) is 30.5 Å². The molecule has 2 rings (SSSR count). The Hall–Kier alpha value is -2.50. The van der Waals surface area contributed by atoms with Crippen molar-refractivity contribution in [2.45, 2.75) is 13.3 Å². The molecule has 21 heavy (non-hydrogen) atoms. The van der Waals surface area contributed by atoms with Crippen molar-refractivity contribution in [1.29, 1.82) is 0 Å². The summed E-state index contributed by atoms with van der Waals surface area (Å²) in [6.07, 6.45) is 2.22. The van der Waals surface area contributed by atoms with E-state index >= 15 is 0 Å². The van der Waals surface area contributed by atoms with Crippen LogP contribution in [-0.4, -0.2) is 29.6 Å². The second-order valence-corrected chi connectivity index (χ2v) is 4.50. The minimum atomic E-state index is -0.576. The number of anilines is 1. The molecule has 0 amide bonds. The lowest BCUT2D eigenvalue weighted by Crippen LogP contribution is -2.11. The Morgan fingerprint density at radius 1 is 1.38 bits per heavy atom. The van der Waals surface area contributed by atoms with Crippen molar-refractivity contribution in [2.75, 3.05) is 19.0 Å². The van der Waals surface area contributed by atoms with Crippen LogP contribution in [0, 0.1) is 12.7 Å². The van der Waals surface area contributed by atoms with Gasteiger partial charge in [0.05, 0.1) is 7.11 Å². The van der Waals surface area contributed by atoms with Gasteiger partial charge in [-0.25, -0.2) is 19.2 Å². The van der Waals surface area contributed by atoms with E-state index in [0.29, 0.717) is 12.4 Å². The largest absolute Gasteiger partial charge is 0.463 e. The standard InChI is InChI=1S/C15H16FN3O2/c1-10-9-12(16)4-3-11(10)5-7-17-13-6-8-18-14(19-13)15(20)21-2/h3-4,6,8-9H,5,7H2,1-2H3,(H,17,18,19). The normalized spacial score (nSPS) is 10.2. The fraction of sp³-hybridized carbons (Fsp3) is 0.267. The maximum Gasteiger partial charge on any atom is 0.376 e. The van der Waals surface area contributed by atoms with Crippen molar-refractivity contribution in [1.82, 2.24) is 9.97 Å². The van der Waals surface area contributed by atoms with Crippen molar-refractivity contribution in [2.24, 2.45) is 0 Å². The highest BCUT2D eigenvalue weighted by Gasteiger charge is 2.09. The number of rotatable bonds is 5. The molecule has 0 saturated carbocycles. The number of hydrogen-bond donors (Lipinski definition) is 1. The number of nitrogens with zero attached hydrogens (tertiary/aromatic N) is 2. The van der Waals surface area contributed by atoms with E-state index in [0.717, 1.165) is 17.5 Å². The summed E-state index contributed by atoms with van der Waals surface area (Å²) < 4.78 is 17.6. The first-order chi connectivity index (χ1) is 10.1. The number of carbonyl (C=O) groups is 1. The molecule has 0 aliphatic rings. The molecule has 0 spiro atoms. The molecule has 1 aromatic carbocycles. The van der Waals surface area contributed by atoms with Crippen LogP contribution in [-0.2, 0) is 11.2 Å². The molecule has 5 nitrogen and oxygen atoms in total. The molecule has 1 heterocycles. The van der Waals surface area contributed by atoms with Gasteiger partial charge in [-0.05, 0) is 42.7 Å². The summed E-state index contributed by atoms with van der Waals surface area (Å²) in [4.78, 5) is 19.2. The fourth-order valence-electron chi connectivity index (χ4n) is 1.91. The Labute approximate surface area is 122 Å². The molecule has 0 aliphatic carbocycles. The molecule has 110 valence electrons. The van der Waals surface area contributed by atoms with Gasteiger partial charge in [-0.1, -0.05) is 6.07 Å². The third-order valence-corrected chi connectivity index (χ3v) is 3.03. The Bertz CT molecular complexity index is 647. The molecule has 0 unspecified atom stereocenters. The first-order valence-electron chi connectivity index (χ1n) is 6.50. The number of halogens is 1. The lowest BCUT2D eigenvalue weighted by atomic mass is 10.1. The first kappa shape index (κ1) is 14.9. The number of hydrogen-bond acceptors (Lipinski definition) is 5. The van der Waals surface area contributed by atoms with Crippen molar-refractivity contribution in [3.8, 4) is 0 Å². The number of ether oxygens (including phenoxy) is 1. The van der Waals surface area contributed by atoms with Crippen LogP contribution in [0.2, 0.25) is 0 Å². The maximum atomic E-state index is 13.0. The van der Waals surface area contributed by atoms with Crippen LogP contribution in [0.3, 0.4) is 0 Å². The van der Waals surface area contributed by atoms with Gasteiger partial charge in [0.2, 0.25) is 5.82 Å². The van der Waals surface area contributed by atoms with Crippen molar-refractivity contribution in [3.05, 3.63) is 53.2 Å². The van der Waals surface area contributed by atoms with Crippen molar-refractivity contribution >= 4 is 11.8 Å². The van der Waals surface area contributed by atoms with Crippen LogP contribution in [0.25, 0.3) is 0 Å². The maximum absolute atomic E-state index is 13.0. The second-order valence-electron chi connectivity index (χ2n) is 4.50. The summed E-state index contributed by atoms with van der Waals surface area (Å²) in [6.45, 7) is 2.49. The number of benzene rings is 1. The summed E-state index contributed by atoms with van der Waals surface area (Å²) in [5.74, 6) is -0.249. The Morgan fingerprint density at radius 3 is 2.90 bits per heavy atom. The highest BCUT2D eigenvalue weighted by Crippen LogP contribution is 2.11. The van der Waals surface area contributed by atoms with Crippen LogP contribution < -0.4 is 5.32 Å². The van der Waals surface area contributed by atoms with Gasteiger partial charge < -0.3 is 10.1 Å². The van der Waals surface area contributed by atoms with Crippen LogP contribution in [0.1, 0.15) is 21.7 Å². The lowest BCUT2D eigenvalue weighted by molar-refractivity contribution is 0.0587. The van der Waals surface area contributed by atoms with E-state index in [1.165, 1.54) is 25.4 Å². The molecule has 0 bridgehead atoms. The number of aromatic nitrogens is 2. The zero-order chi connectivity index (χ0) is 15.2. The highest BCUT2D eigenvalue weighted by molar-refractivity contribution is 5.85. The molecule has 0 atom stereocenters. The Morgan fingerprint density at radius 2 is 2.19 bits per heavy atom. The molecule has 0 radical (unpaired) electrons. The van der Waals surface area contributed by atoms with Gasteiger partial charge in [0, 0.05) is 12.7 Å². The van der Waals surface area contributed by atoms with Gasteiger partial charge in [0.15, 0.2) is 0 Å². The fourth-order valence-corrected chi connectivity index (χ4v) is 1.91. The van der Waals surface area contributed by atoms with Crippen LogP contribution >= 0.6 is 0 Å². The number of esters is 1. The summed E-state index contributed by atoms with van der Waals surface area (Å²) >= 11 is 0. The minimum absolute atomic E-state index is 0.0143. The van der Waals surface area contributed by atoms with Gasteiger partial charge in [-0.15, -0.1) is 0 Å². The molecule has 1 N–H and O–H groups in total. The van der Waals surface area contributed by atoms with E-state index in [1.807, 2.05) is 6.92 Å². The van der Waals surface area contributed by atoms with Crippen molar-refractivity contribution < 1.29 is 13.9 Å². The number of methoxy groups -OCH3 is 1. The lowest BCUT2D eigenvalue weighted by Gasteiger charge is -2.08. The van der Waals surface area contributed by atoms with E-state index in [9.17, 15) is 9.18 Å². The molecule has 0 fully saturated rings. The Balaban J connectivity index is 1.95. The molecule has 0 saturated heterocycles. The molecule has 6 heteroatoms. The number of nitrogens with one attached hydrogen (secondary N) is 1. The van der Waals surface area contributed by atoms with Gasteiger partial charge in [-0.2, -0.15) is 0 Å². The van der Waals surface area contributed by atoms with Crippen LogP contribution in [0.4, 0.5) is 10.2 Å². The predicted molar refractivity (Wildman–Crippen MR) is 76.7 cm³/mol. The molecule has 0 aliphatic heterocycles. The van der Waals surface area contributed by atoms with Crippen molar-refractivity contribution in [3.63, 3.8) is 0 Å². The third-order valence-electron chi connectivity index (χ3n) is 3.03. The molecular weight excluding hydrogens is 273 g/mol. The van der Waals surface area contributed by atoms with Gasteiger partial charge in [0.25, 0.3) is 0 Å². The summed E-state index contributed by atoms with van der Waals surface area (Å²) in [5.41, 5.74) is 1.97. The second kappa shape index (κ2) is 6.78. The van der Waals surface area contributed by atoms with Gasteiger partial charge >= 0.3 is 5.97 Å². The monoisotopic (exact) mass is 289 g/mol. The van der Waals surface area contributed by atoms with Gasteiger partial charge in [-0.3, -0.25) is 0 Å². The van der Waals surface area contributed by atoms with E-state index in [4.69, 9.17) is 0 Å². The average molecular weight is 289 g/mol. The molecule has 2 aromatic rings. The zero-order valence-corrected chi connectivity index (χ0v) is 11.9. The quantitative estimate of drug-likeness (QED) is 0.856. The zero-order valence-electron chi connectivity index (χ0n) is 11.9. The topological polar surface area (TPSA) is 64.1 Å².